The predicted molar refractivity (Wildman–Crippen MR) is 114 cm³/mol. The Morgan fingerprint density at radius 1 is 1.13 bits per heavy atom. The number of aliphatic carboxylic acids is 1. The Labute approximate surface area is 180 Å². The highest BCUT2D eigenvalue weighted by Crippen LogP contribution is 2.52. The number of thioether (sulfide) groups is 1. The number of nitrogens with one attached hydrogen (secondary N) is 1. The summed E-state index contributed by atoms with van der Waals surface area (Å²) in [6.07, 6.45) is 0. The molecule has 0 spiro atoms. The SMILES string of the molecule is CCN(CC)c1ccc([C@H]2c3sc(=O)[nH]c3SC3C(=O)N(CC(=O)O)C(=O)C32)cc1. The van der Waals surface area contributed by atoms with Crippen molar-refractivity contribution in [1.82, 2.24) is 9.88 Å². The van der Waals surface area contributed by atoms with Crippen molar-refractivity contribution in [3.8, 4) is 0 Å². The molecule has 2 aromatic rings. The van der Waals surface area contributed by atoms with Crippen molar-refractivity contribution < 1.29 is 19.5 Å². The maximum absolute atomic E-state index is 13.1. The number of amides is 2. The van der Waals surface area contributed by atoms with E-state index in [1.165, 1.54) is 0 Å². The first-order valence-corrected chi connectivity index (χ1v) is 11.4. The van der Waals surface area contributed by atoms with Crippen molar-refractivity contribution in [2.75, 3.05) is 24.5 Å². The zero-order valence-electron chi connectivity index (χ0n) is 16.5. The van der Waals surface area contributed by atoms with Crippen LogP contribution in [0, 0.1) is 5.92 Å². The number of imide groups is 1. The molecule has 1 fully saturated rings. The molecule has 0 aliphatic carbocycles. The fourth-order valence-electron chi connectivity index (χ4n) is 4.21. The Bertz CT molecular complexity index is 1060. The third-order valence-electron chi connectivity index (χ3n) is 5.59. The molecule has 2 unspecified atom stereocenters. The van der Waals surface area contributed by atoms with Gasteiger partial charge in [-0.1, -0.05) is 35.2 Å². The minimum atomic E-state index is -1.23. The third-order valence-corrected chi connectivity index (χ3v) is 7.99. The van der Waals surface area contributed by atoms with Crippen LogP contribution >= 0.6 is 23.1 Å². The topological polar surface area (TPSA) is 111 Å². The number of aromatic nitrogens is 1. The minimum Gasteiger partial charge on any atom is -0.480 e. The van der Waals surface area contributed by atoms with Crippen LogP contribution in [0.2, 0.25) is 0 Å². The minimum absolute atomic E-state index is 0.237. The second-order valence-electron chi connectivity index (χ2n) is 7.17. The van der Waals surface area contributed by atoms with Crippen molar-refractivity contribution >= 4 is 46.6 Å². The van der Waals surface area contributed by atoms with Crippen LogP contribution in [0.5, 0.6) is 0 Å². The van der Waals surface area contributed by atoms with Crippen molar-refractivity contribution in [2.45, 2.75) is 30.0 Å². The third kappa shape index (κ3) is 3.33. The van der Waals surface area contributed by atoms with Crippen LogP contribution in [0.15, 0.2) is 34.1 Å². The summed E-state index contributed by atoms with van der Waals surface area (Å²) >= 11 is 2.19. The number of rotatable bonds is 6. The molecule has 1 aromatic heterocycles. The molecule has 0 radical (unpaired) electrons. The molecule has 2 aliphatic heterocycles. The van der Waals surface area contributed by atoms with Crippen LogP contribution < -0.4 is 9.77 Å². The second-order valence-corrected chi connectivity index (χ2v) is 9.34. The fraction of sp³-hybridized carbons (Fsp3) is 0.400. The first-order valence-electron chi connectivity index (χ1n) is 9.67. The number of likely N-dealkylation sites (tertiary alicyclic amines) is 1. The highest BCUT2D eigenvalue weighted by Gasteiger charge is 2.56. The van der Waals surface area contributed by atoms with Gasteiger partial charge in [0.25, 0.3) is 0 Å². The number of fused-ring (bicyclic) bond motifs is 2. The molecule has 3 heterocycles. The molecule has 2 amide bonds. The number of carboxylic acids is 1. The first kappa shape index (κ1) is 20.7. The predicted octanol–water partition coefficient (Wildman–Crippen LogP) is 1.96. The van der Waals surface area contributed by atoms with E-state index in [1.807, 2.05) is 24.3 Å². The van der Waals surface area contributed by atoms with Gasteiger partial charge in [-0.3, -0.25) is 24.1 Å². The summed E-state index contributed by atoms with van der Waals surface area (Å²) in [5, 5.41) is 8.96. The van der Waals surface area contributed by atoms with Crippen LogP contribution in [-0.4, -0.2) is 57.7 Å². The Morgan fingerprint density at radius 2 is 1.80 bits per heavy atom. The largest absolute Gasteiger partial charge is 0.480 e. The lowest BCUT2D eigenvalue weighted by molar-refractivity contribution is -0.149. The molecular formula is C20H21N3O5S2. The lowest BCUT2D eigenvalue weighted by Crippen LogP contribution is -2.36. The second kappa shape index (κ2) is 7.92. The number of hydrogen-bond acceptors (Lipinski definition) is 7. The molecular weight excluding hydrogens is 426 g/mol. The van der Waals surface area contributed by atoms with E-state index < -0.39 is 41.4 Å². The smallest absolute Gasteiger partial charge is 0.323 e. The molecule has 1 saturated heterocycles. The summed E-state index contributed by atoms with van der Waals surface area (Å²) < 4.78 is 0. The number of anilines is 1. The standard InChI is InChI=1S/C20H21N3O5S2/c1-3-22(4-2)11-7-5-10(6-8-11)13-14-16(29-17-15(13)30-20(28)21-17)19(27)23(18(14)26)9-12(24)25/h5-8,13-14,16H,3-4,9H2,1-2H3,(H,21,28)(H,24,25)/t13-,14?,16?/m1/s1. The number of carboxylic acid groups (broad SMARTS) is 1. The van der Waals surface area contributed by atoms with Gasteiger partial charge in [0.15, 0.2) is 0 Å². The van der Waals surface area contributed by atoms with Crippen LogP contribution in [0.25, 0.3) is 0 Å². The summed E-state index contributed by atoms with van der Waals surface area (Å²) in [7, 11) is 0. The summed E-state index contributed by atoms with van der Waals surface area (Å²) in [4.78, 5) is 55.4. The van der Waals surface area contributed by atoms with Crippen molar-refractivity contribution in [3.05, 3.63) is 44.4 Å². The zero-order chi connectivity index (χ0) is 21.6. The molecule has 158 valence electrons. The number of hydrogen-bond donors (Lipinski definition) is 2. The van der Waals surface area contributed by atoms with Crippen molar-refractivity contribution in [2.24, 2.45) is 5.92 Å². The first-order chi connectivity index (χ1) is 14.3. The summed E-state index contributed by atoms with van der Waals surface area (Å²) in [6.45, 7) is 5.22. The molecule has 30 heavy (non-hydrogen) atoms. The van der Waals surface area contributed by atoms with Gasteiger partial charge in [-0.15, -0.1) is 0 Å². The molecule has 0 saturated carbocycles. The van der Waals surface area contributed by atoms with Gasteiger partial charge in [0.1, 0.15) is 11.8 Å². The highest BCUT2D eigenvalue weighted by atomic mass is 32.2. The average molecular weight is 448 g/mol. The van der Waals surface area contributed by atoms with Gasteiger partial charge in [0.05, 0.1) is 10.9 Å². The average Bonchev–Trinajstić information content (AvgIpc) is 3.20. The van der Waals surface area contributed by atoms with Crippen LogP contribution in [0.3, 0.4) is 0 Å². The molecule has 3 atom stereocenters. The van der Waals surface area contributed by atoms with E-state index >= 15 is 0 Å². The molecule has 1 aromatic carbocycles. The Kier molecular flexibility index (Phi) is 5.46. The van der Waals surface area contributed by atoms with E-state index in [0.717, 1.165) is 57.2 Å². The van der Waals surface area contributed by atoms with Crippen LogP contribution in [0.4, 0.5) is 5.69 Å². The number of benzene rings is 1. The van der Waals surface area contributed by atoms with E-state index in [4.69, 9.17) is 5.11 Å². The van der Waals surface area contributed by atoms with Gasteiger partial charge in [0, 0.05) is 29.6 Å². The normalized spacial score (nSPS) is 22.7. The Morgan fingerprint density at radius 3 is 2.40 bits per heavy atom. The highest BCUT2D eigenvalue weighted by molar-refractivity contribution is 8.00. The number of H-pyrrole nitrogens is 1. The van der Waals surface area contributed by atoms with Crippen LogP contribution in [0.1, 0.15) is 30.2 Å². The summed E-state index contributed by atoms with van der Waals surface area (Å²) in [5.41, 5.74) is 1.88. The quantitative estimate of drug-likeness (QED) is 0.651. The van der Waals surface area contributed by atoms with Gasteiger partial charge in [-0.05, 0) is 31.5 Å². The number of carbonyl (C=O) groups is 3. The molecule has 0 bridgehead atoms. The zero-order valence-corrected chi connectivity index (χ0v) is 18.1. The van der Waals surface area contributed by atoms with E-state index in [0.29, 0.717) is 5.03 Å². The number of thiazole rings is 1. The lowest BCUT2D eigenvalue weighted by Gasteiger charge is -2.30. The molecule has 4 rings (SSSR count). The monoisotopic (exact) mass is 447 g/mol. The van der Waals surface area contributed by atoms with Crippen molar-refractivity contribution in [3.63, 3.8) is 0 Å². The molecule has 8 nitrogen and oxygen atoms in total. The van der Waals surface area contributed by atoms with E-state index in [9.17, 15) is 19.2 Å². The Balaban J connectivity index is 1.78. The number of aromatic amines is 1. The van der Waals surface area contributed by atoms with Gasteiger partial charge < -0.3 is 15.0 Å². The molecule has 2 aliphatic rings. The summed E-state index contributed by atoms with van der Waals surface area (Å²) in [5.74, 6) is -3.45. The Hall–Kier alpha value is -2.59. The molecule has 10 heteroatoms. The van der Waals surface area contributed by atoms with Crippen molar-refractivity contribution in [1.29, 1.82) is 0 Å². The maximum atomic E-state index is 13.1. The van der Waals surface area contributed by atoms with E-state index in [2.05, 4.69) is 23.7 Å². The maximum Gasteiger partial charge on any atom is 0.323 e. The van der Waals surface area contributed by atoms with Gasteiger partial charge in [-0.2, -0.15) is 0 Å². The number of nitrogens with zero attached hydrogens (tertiary/aromatic N) is 2. The summed E-state index contributed by atoms with van der Waals surface area (Å²) in [6, 6.07) is 7.81. The van der Waals surface area contributed by atoms with Gasteiger partial charge in [-0.25, -0.2) is 0 Å². The van der Waals surface area contributed by atoms with Crippen LogP contribution in [-0.2, 0) is 14.4 Å². The number of carbonyl (C=O) groups excluding carboxylic acids is 2. The van der Waals surface area contributed by atoms with Gasteiger partial charge in [0.2, 0.25) is 11.8 Å². The lowest BCUT2D eigenvalue weighted by atomic mass is 9.83. The van der Waals surface area contributed by atoms with E-state index in [-0.39, 0.29) is 4.87 Å². The van der Waals surface area contributed by atoms with Gasteiger partial charge >= 0.3 is 10.8 Å². The molecule has 2 N–H and O–H groups in total. The fourth-order valence-corrected chi connectivity index (χ4v) is 6.74. The van der Waals surface area contributed by atoms with E-state index in [1.54, 1.807) is 0 Å².